The van der Waals surface area contributed by atoms with Gasteiger partial charge in [-0.25, -0.2) is 18.7 Å². The largest absolute Gasteiger partial charge is 0.438 e. The van der Waals surface area contributed by atoms with Crippen LogP contribution in [0.3, 0.4) is 0 Å². The van der Waals surface area contributed by atoms with E-state index in [1.165, 1.54) is 0 Å². The number of para-hydroxylation sites is 1. The van der Waals surface area contributed by atoms with Gasteiger partial charge >= 0.3 is 0 Å². The van der Waals surface area contributed by atoms with E-state index in [9.17, 15) is 13.6 Å². The molecule has 0 bridgehead atoms. The zero-order valence-corrected chi connectivity index (χ0v) is 12.0. The number of aromatic nitrogens is 3. The molecule has 0 atom stereocenters. The van der Waals surface area contributed by atoms with Crippen LogP contribution in [-0.2, 0) is 0 Å². The molecule has 1 amide bonds. The molecule has 0 aliphatic carbocycles. The third-order valence-electron chi connectivity index (χ3n) is 3.14. The van der Waals surface area contributed by atoms with Crippen LogP contribution in [0.4, 0.5) is 14.5 Å². The van der Waals surface area contributed by atoms with Gasteiger partial charge in [-0.05, 0) is 19.1 Å². The number of oxazole rings is 1. The molecule has 23 heavy (non-hydrogen) atoms. The van der Waals surface area contributed by atoms with Crippen LogP contribution in [0.25, 0.3) is 11.4 Å². The lowest BCUT2D eigenvalue weighted by Crippen LogP contribution is -2.14. The number of alkyl halides is 2. The minimum absolute atomic E-state index is 0.420. The Morgan fingerprint density at radius 1 is 1.30 bits per heavy atom. The molecule has 2 N–H and O–H groups in total. The molecule has 0 radical (unpaired) electrons. The first-order chi connectivity index (χ1) is 11.1. The molecule has 0 saturated heterocycles. The Kier molecular flexibility index (Phi) is 3.88. The molecule has 0 aliphatic heterocycles. The molecular formula is C15H12F2N4O2. The molecule has 1 aromatic carbocycles. The maximum atomic E-state index is 12.8. The highest BCUT2D eigenvalue weighted by molar-refractivity contribution is 6.04. The number of nitrogens with one attached hydrogen (secondary N) is 2. The van der Waals surface area contributed by atoms with E-state index in [1.54, 1.807) is 30.5 Å². The number of nitrogens with zero attached hydrogens (tertiary/aromatic N) is 2. The molecule has 2 heterocycles. The first kappa shape index (κ1) is 14.9. The summed E-state index contributed by atoms with van der Waals surface area (Å²) in [7, 11) is 0. The second-order valence-electron chi connectivity index (χ2n) is 4.78. The van der Waals surface area contributed by atoms with Crippen molar-refractivity contribution in [2.45, 2.75) is 13.3 Å². The van der Waals surface area contributed by atoms with E-state index >= 15 is 0 Å². The van der Waals surface area contributed by atoms with Crippen LogP contribution < -0.4 is 5.32 Å². The quantitative estimate of drug-likeness (QED) is 0.770. The number of aryl methyl sites for hydroxylation is 1. The Bertz CT molecular complexity index is 841. The van der Waals surface area contributed by atoms with Gasteiger partial charge in [0.2, 0.25) is 5.76 Å². The van der Waals surface area contributed by atoms with Crippen LogP contribution in [0, 0.1) is 6.92 Å². The number of carbonyl (C=O) groups is 1. The molecule has 8 heteroatoms. The number of H-pyrrole nitrogens is 1. The Morgan fingerprint density at radius 3 is 2.78 bits per heavy atom. The van der Waals surface area contributed by atoms with Gasteiger partial charge < -0.3 is 14.7 Å². The number of aromatic amines is 1. The highest BCUT2D eigenvalue weighted by Crippen LogP contribution is 2.27. The van der Waals surface area contributed by atoms with E-state index in [1.807, 2.05) is 6.92 Å². The normalized spacial score (nSPS) is 11.0. The van der Waals surface area contributed by atoms with Gasteiger partial charge in [0.25, 0.3) is 12.3 Å². The molecule has 118 valence electrons. The number of hydrogen-bond donors (Lipinski definition) is 2. The van der Waals surface area contributed by atoms with Gasteiger partial charge in [0.05, 0.1) is 5.69 Å². The summed E-state index contributed by atoms with van der Waals surface area (Å²) in [5.74, 6) is -0.746. The number of amides is 1. The average Bonchev–Trinajstić information content (AvgIpc) is 3.16. The Morgan fingerprint density at radius 2 is 2.09 bits per heavy atom. The highest BCUT2D eigenvalue weighted by atomic mass is 19.3. The summed E-state index contributed by atoms with van der Waals surface area (Å²) < 4.78 is 30.4. The Hall–Kier alpha value is -3.03. The van der Waals surface area contributed by atoms with Crippen molar-refractivity contribution >= 4 is 11.6 Å². The number of benzene rings is 1. The summed E-state index contributed by atoms with van der Waals surface area (Å²) in [6, 6.07) is 6.89. The van der Waals surface area contributed by atoms with Crippen LogP contribution in [0.5, 0.6) is 0 Å². The molecular weight excluding hydrogens is 306 g/mol. The van der Waals surface area contributed by atoms with E-state index in [0.717, 1.165) is 12.1 Å². The Balaban J connectivity index is 1.91. The molecule has 6 nitrogen and oxygen atoms in total. The van der Waals surface area contributed by atoms with Crippen molar-refractivity contribution in [1.82, 2.24) is 15.0 Å². The molecule has 0 saturated carbocycles. The van der Waals surface area contributed by atoms with Gasteiger partial charge in [0.1, 0.15) is 5.82 Å². The fraction of sp³-hybridized carbons (Fsp3) is 0.133. The van der Waals surface area contributed by atoms with Crippen molar-refractivity contribution in [3.05, 3.63) is 54.0 Å². The molecule has 3 rings (SSSR count). The fourth-order valence-corrected chi connectivity index (χ4v) is 2.11. The highest BCUT2D eigenvalue weighted by Gasteiger charge is 2.24. The lowest BCUT2D eigenvalue weighted by atomic mass is 10.1. The average molecular weight is 318 g/mol. The lowest BCUT2D eigenvalue weighted by molar-refractivity contribution is 0.0976. The van der Waals surface area contributed by atoms with E-state index in [0.29, 0.717) is 17.1 Å². The summed E-state index contributed by atoms with van der Waals surface area (Å²) in [5, 5.41) is 2.55. The van der Waals surface area contributed by atoms with Crippen LogP contribution in [0.2, 0.25) is 0 Å². The van der Waals surface area contributed by atoms with Crippen molar-refractivity contribution in [2.75, 3.05) is 5.32 Å². The predicted molar refractivity (Wildman–Crippen MR) is 78.2 cm³/mol. The standard InChI is InChI=1S/C15H12F2N4O2/c1-8-6-18-14(20-8)9-4-2-3-5-10(9)21-15(22)12-11(13(16)17)19-7-23-12/h2-7,13H,1H3,(H,18,20)(H,21,22). The smallest absolute Gasteiger partial charge is 0.293 e. The molecule has 2 aromatic heterocycles. The number of halogens is 2. The van der Waals surface area contributed by atoms with Gasteiger partial charge in [0, 0.05) is 17.5 Å². The third-order valence-corrected chi connectivity index (χ3v) is 3.14. The van der Waals surface area contributed by atoms with Crippen LogP contribution in [0.1, 0.15) is 28.4 Å². The number of carbonyl (C=O) groups excluding carboxylic acids is 1. The summed E-state index contributed by atoms with van der Waals surface area (Å²) in [6.07, 6.45) is -0.422. The van der Waals surface area contributed by atoms with Crippen molar-refractivity contribution in [2.24, 2.45) is 0 Å². The zero-order chi connectivity index (χ0) is 16.4. The van der Waals surface area contributed by atoms with Gasteiger partial charge in [-0.15, -0.1) is 0 Å². The molecule has 0 unspecified atom stereocenters. The van der Waals surface area contributed by atoms with Crippen molar-refractivity contribution in [3.63, 3.8) is 0 Å². The predicted octanol–water partition coefficient (Wildman–Crippen LogP) is 3.56. The van der Waals surface area contributed by atoms with Gasteiger partial charge in [-0.3, -0.25) is 4.79 Å². The van der Waals surface area contributed by atoms with Crippen molar-refractivity contribution < 1.29 is 18.0 Å². The van der Waals surface area contributed by atoms with Crippen molar-refractivity contribution in [1.29, 1.82) is 0 Å². The van der Waals surface area contributed by atoms with E-state index in [2.05, 4.69) is 20.3 Å². The van der Waals surface area contributed by atoms with Crippen LogP contribution in [-0.4, -0.2) is 20.9 Å². The molecule has 0 fully saturated rings. The second kappa shape index (κ2) is 5.99. The SMILES string of the molecule is Cc1cnc(-c2ccccc2NC(=O)c2ocnc2C(F)F)[nH]1. The van der Waals surface area contributed by atoms with Gasteiger partial charge in [0.15, 0.2) is 12.1 Å². The minimum Gasteiger partial charge on any atom is -0.438 e. The second-order valence-corrected chi connectivity index (χ2v) is 4.78. The summed E-state index contributed by atoms with van der Waals surface area (Å²) in [4.78, 5) is 22.8. The summed E-state index contributed by atoms with van der Waals surface area (Å²) >= 11 is 0. The first-order valence-electron chi connectivity index (χ1n) is 6.70. The van der Waals surface area contributed by atoms with Crippen LogP contribution >= 0.6 is 0 Å². The summed E-state index contributed by atoms with van der Waals surface area (Å²) in [6.45, 7) is 1.85. The Labute approximate surface area is 129 Å². The van der Waals surface area contributed by atoms with E-state index in [-0.39, 0.29) is 0 Å². The first-order valence-corrected chi connectivity index (χ1v) is 6.70. The minimum atomic E-state index is -2.89. The van der Waals surface area contributed by atoms with E-state index < -0.39 is 23.8 Å². The summed E-state index contributed by atoms with van der Waals surface area (Å²) in [5.41, 5.74) is 1.22. The van der Waals surface area contributed by atoms with Gasteiger partial charge in [-0.2, -0.15) is 0 Å². The lowest BCUT2D eigenvalue weighted by Gasteiger charge is -2.08. The van der Waals surface area contributed by atoms with Gasteiger partial charge in [-0.1, -0.05) is 12.1 Å². The topological polar surface area (TPSA) is 83.8 Å². The van der Waals surface area contributed by atoms with E-state index in [4.69, 9.17) is 4.42 Å². The molecule has 0 aliphatic rings. The third kappa shape index (κ3) is 2.96. The fourth-order valence-electron chi connectivity index (χ4n) is 2.11. The number of rotatable bonds is 4. The monoisotopic (exact) mass is 318 g/mol. The zero-order valence-electron chi connectivity index (χ0n) is 12.0. The number of hydrogen-bond acceptors (Lipinski definition) is 4. The van der Waals surface area contributed by atoms with Crippen molar-refractivity contribution in [3.8, 4) is 11.4 Å². The molecule has 3 aromatic rings. The van der Waals surface area contributed by atoms with Crippen LogP contribution in [0.15, 0.2) is 41.3 Å². The number of anilines is 1. The maximum Gasteiger partial charge on any atom is 0.293 e. The molecule has 0 spiro atoms. The maximum absolute atomic E-state index is 12.8. The number of imidazole rings is 1.